The van der Waals surface area contributed by atoms with Crippen LogP contribution >= 0.6 is 0 Å². The van der Waals surface area contributed by atoms with Gasteiger partial charge < -0.3 is 19.5 Å². The minimum Gasteiger partial charge on any atom is -0.481 e. The molecule has 6 nitrogen and oxygen atoms in total. The first kappa shape index (κ1) is 10.5. The van der Waals surface area contributed by atoms with Gasteiger partial charge in [-0.15, -0.1) is 0 Å². The molecule has 1 N–H and O–H groups in total. The third kappa shape index (κ3) is 0.976. The molecule has 4 heterocycles. The maximum atomic E-state index is 12.4. The SMILES string of the molecule is O=C(O)[C@H]1[C@H]2C(=O)N3CCCO[C@H]3[C@@]23C=C[C@H]1O3. The Labute approximate surface area is 103 Å². The third-order valence-electron chi connectivity index (χ3n) is 4.41. The number of aliphatic carboxylic acids is 1. The summed E-state index contributed by atoms with van der Waals surface area (Å²) in [7, 11) is 0. The molecule has 0 saturated carbocycles. The quantitative estimate of drug-likeness (QED) is 0.642. The van der Waals surface area contributed by atoms with E-state index >= 15 is 0 Å². The van der Waals surface area contributed by atoms with Crippen LogP contribution in [0, 0.1) is 11.8 Å². The lowest BCUT2D eigenvalue weighted by Gasteiger charge is -2.36. The summed E-state index contributed by atoms with van der Waals surface area (Å²) in [5.74, 6) is -2.52. The van der Waals surface area contributed by atoms with E-state index in [0.29, 0.717) is 13.2 Å². The zero-order chi connectivity index (χ0) is 12.5. The number of carbonyl (C=O) groups is 2. The summed E-state index contributed by atoms with van der Waals surface area (Å²) in [6, 6.07) is 0. The normalized spacial score (nSPS) is 48.4. The van der Waals surface area contributed by atoms with Crippen molar-refractivity contribution in [2.75, 3.05) is 13.2 Å². The Bertz CT molecular complexity index is 475. The average Bonchev–Trinajstić information content (AvgIpc) is 2.99. The van der Waals surface area contributed by atoms with Crippen molar-refractivity contribution in [2.45, 2.75) is 24.4 Å². The first-order valence-electron chi connectivity index (χ1n) is 6.17. The summed E-state index contributed by atoms with van der Waals surface area (Å²) in [5.41, 5.74) is -0.870. The fourth-order valence-electron chi connectivity index (χ4n) is 3.74. The molecule has 18 heavy (non-hydrogen) atoms. The molecule has 4 aliphatic heterocycles. The monoisotopic (exact) mass is 251 g/mol. The van der Waals surface area contributed by atoms with Gasteiger partial charge in [0.1, 0.15) is 11.5 Å². The lowest BCUT2D eigenvalue weighted by atomic mass is 9.76. The standard InChI is InChI=1S/C12H13NO5/c14-9-8-7(10(15)16)6-2-3-12(8,18-6)11-13(9)4-1-5-17-11/h2-3,6-8,11H,1,4-5H2,(H,15,16)/t6-,7-,8+,11+,12-/m1/s1. The Balaban J connectivity index is 1.82. The first-order chi connectivity index (χ1) is 8.65. The fourth-order valence-corrected chi connectivity index (χ4v) is 3.74. The predicted molar refractivity (Wildman–Crippen MR) is 57.4 cm³/mol. The molecule has 3 fully saturated rings. The minimum absolute atomic E-state index is 0.140. The van der Waals surface area contributed by atoms with Gasteiger partial charge in [-0.05, 0) is 12.5 Å². The van der Waals surface area contributed by atoms with Crippen LogP contribution in [0.2, 0.25) is 0 Å². The molecular formula is C12H13NO5. The van der Waals surface area contributed by atoms with Crippen LogP contribution < -0.4 is 0 Å². The number of carboxylic acid groups (broad SMARTS) is 1. The fraction of sp³-hybridized carbons (Fsp3) is 0.667. The van der Waals surface area contributed by atoms with Gasteiger partial charge in [-0.3, -0.25) is 9.59 Å². The summed E-state index contributed by atoms with van der Waals surface area (Å²) in [5, 5.41) is 9.30. The highest BCUT2D eigenvalue weighted by molar-refractivity contribution is 5.91. The van der Waals surface area contributed by atoms with Crippen LogP contribution in [0.25, 0.3) is 0 Å². The van der Waals surface area contributed by atoms with E-state index in [2.05, 4.69) is 0 Å². The summed E-state index contributed by atoms with van der Waals surface area (Å²) >= 11 is 0. The topological polar surface area (TPSA) is 76.1 Å². The summed E-state index contributed by atoms with van der Waals surface area (Å²) in [4.78, 5) is 25.4. The van der Waals surface area contributed by atoms with Gasteiger partial charge in [0.25, 0.3) is 0 Å². The minimum atomic E-state index is -0.968. The van der Waals surface area contributed by atoms with E-state index in [1.54, 1.807) is 11.0 Å². The maximum absolute atomic E-state index is 12.4. The molecule has 0 aliphatic carbocycles. The molecule has 0 unspecified atom stereocenters. The van der Waals surface area contributed by atoms with Crippen LogP contribution in [0.5, 0.6) is 0 Å². The summed E-state index contributed by atoms with van der Waals surface area (Å²) < 4.78 is 11.5. The van der Waals surface area contributed by atoms with Gasteiger partial charge in [0, 0.05) is 6.54 Å². The van der Waals surface area contributed by atoms with Gasteiger partial charge in [0.2, 0.25) is 5.91 Å². The van der Waals surface area contributed by atoms with Crippen molar-refractivity contribution < 1.29 is 24.2 Å². The Kier molecular flexibility index (Phi) is 1.83. The number of nitrogens with zero attached hydrogens (tertiary/aromatic N) is 1. The maximum Gasteiger partial charge on any atom is 0.310 e. The number of rotatable bonds is 1. The number of amides is 1. The highest BCUT2D eigenvalue weighted by atomic mass is 16.6. The molecule has 0 aromatic rings. The van der Waals surface area contributed by atoms with E-state index in [-0.39, 0.29) is 5.91 Å². The zero-order valence-corrected chi connectivity index (χ0v) is 9.61. The Morgan fingerprint density at radius 1 is 1.56 bits per heavy atom. The molecule has 1 amide bonds. The average molecular weight is 251 g/mol. The van der Waals surface area contributed by atoms with E-state index in [0.717, 1.165) is 6.42 Å². The van der Waals surface area contributed by atoms with Crippen molar-refractivity contribution in [1.82, 2.24) is 4.90 Å². The smallest absolute Gasteiger partial charge is 0.310 e. The molecule has 2 bridgehead atoms. The number of carboxylic acids is 1. The number of hydrogen-bond donors (Lipinski definition) is 1. The molecule has 5 atom stereocenters. The number of carbonyl (C=O) groups excluding carboxylic acids is 1. The highest BCUT2D eigenvalue weighted by Gasteiger charge is 2.72. The van der Waals surface area contributed by atoms with Crippen LogP contribution in [0.1, 0.15) is 6.42 Å². The van der Waals surface area contributed by atoms with Crippen molar-refractivity contribution >= 4 is 11.9 Å². The van der Waals surface area contributed by atoms with Gasteiger partial charge in [-0.2, -0.15) is 0 Å². The molecule has 1 spiro atoms. The lowest BCUT2D eigenvalue weighted by molar-refractivity contribution is -0.168. The van der Waals surface area contributed by atoms with Gasteiger partial charge in [0.15, 0.2) is 6.23 Å². The van der Waals surface area contributed by atoms with Crippen molar-refractivity contribution in [3.63, 3.8) is 0 Å². The van der Waals surface area contributed by atoms with E-state index in [4.69, 9.17) is 9.47 Å². The van der Waals surface area contributed by atoms with E-state index in [9.17, 15) is 14.7 Å². The van der Waals surface area contributed by atoms with Crippen molar-refractivity contribution in [3.8, 4) is 0 Å². The van der Waals surface area contributed by atoms with Gasteiger partial charge in [-0.1, -0.05) is 6.08 Å². The van der Waals surface area contributed by atoms with Gasteiger partial charge >= 0.3 is 5.97 Å². The molecule has 0 radical (unpaired) electrons. The third-order valence-corrected chi connectivity index (χ3v) is 4.41. The van der Waals surface area contributed by atoms with E-state index in [1.807, 2.05) is 6.08 Å². The molecule has 6 heteroatoms. The molecule has 96 valence electrons. The molecule has 0 aromatic carbocycles. The van der Waals surface area contributed by atoms with Crippen molar-refractivity contribution in [3.05, 3.63) is 12.2 Å². The van der Waals surface area contributed by atoms with Crippen molar-refractivity contribution in [1.29, 1.82) is 0 Å². The number of fused-ring (bicyclic) bond motifs is 2. The molecule has 0 aromatic heterocycles. The lowest BCUT2D eigenvalue weighted by Crippen LogP contribution is -2.49. The molecule has 3 saturated heterocycles. The Morgan fingerprint density at radius 3 is 3.17 bits per heavy atom. The number of hydrogen-bond acceptors (Lipinski definition) is 4. The molecule has 4 aliphatic rings. The molecule has 4 rings (SSSR count). The van der Waals surface area contributed by atoms with Crippen LogP contribution in [-0.4, -0.2) is 53.0 Å². The largest absolute Gasteiger partial charge is 0.481 e. The Hall–Kier alpha value is -1.40. The van der Waals surface area contributed by atoms with Gasteiger partial charge in [-0.25, -0.2) is 0 Å². The number of ether oxygens (including phenoxy) is 2. The second-order valence-corrected chi connectivity index (χ2v) is 5.25. The van der Waals surface area contributed by atoms with Crippen LogP contribution in [0.3, 0.4) is 0 Å². The zero-order valence-electron chi connectivity index (χ0n) is 9.61. The summed E-state index contributed by atoms with van der Waals surface area (Å²) in [6.45, 7) is 1.21. The van der Waals surface area contributed by atoms with Crippen LogP contribution in [0.4, 0.5) is 0 Å². The first-order valence-corrected chi connectivity index (χ1v) is 6.17. The summed E-state index contributed by atoms with van der Waals surface area (Å²) in [6.07, 6.45) is 3.42. The van der Waals surface area contributed by atoms with Crippen molar-refractivity contribution in [2.24, 2.45) is 11.8 Å². The second kappa shape index (κ2) is 3.13. The van der Waals surface area contributed by atoms with Gasteiger partial charge in [0.05, 0.1) is 18.6 Å². The van der Waals surface area contributed by atoms with E-state index < -0.39 is 35.7 Å². The molecular weight excluding hydrogens is 238 g/mol. The van der Waals surface area contributed by atoms with E-state index in [1.165, 1.54) is 0 Å². The Morgan fingerprint density at radius 2 is 2.39 bits per heavy atom. The highest BCUT2D eigenvalue weighted by Crippen LogP contribution is 2.55. The van der Waals surface area contributed by atoms with Crippen LogP contribution in [0.15, 0.2) is 12.2 Å². The van der Waals surface area contributed by atoms with Crippen LogP contribution in [-0.2, 0) is 19.1 Å². The second-order valence-electron chi connectivity index (χ2n) is 5.25. The predicted octanol–water partition coefficient (Wildman–Crippen LogP) is -0.401.